The number of hydrogen-bond donors (Lipinski definition) is 3. The SMILES string of the molecule is C=CCn1nc(C)c(NCCC(N)C(O)c2ccccc2)c1C. The van der Waals surface area contributed by atoms with Gasteiger partial charge in [0.25, 0.3) is 0 Å². The average molecular weight is 314 g/mol. The second-order valence-corrected chi connectivity index (χ2v) is 5.75. The van der Waals surface area contributed by atoms with Gasteiger partial charge in [0.15, 0.2) is 0 Å². The minimum absolute atomic E-state index is 0.311. The van der Waals surface area contributed by atoms with E-state index in [2.05, 4.69) is 17.0 Å². The number of nitrogens with one attached hydrogen (secondary N) is 1. The van der Waals surface area contributed by atoms with E-state index in [0.717, 1.165) is 22.6 Å². The summed E-state index contributed by atoms with van der Waals surface area (Å²) < 4.78 is 1.92. The molecule has 2 atom stereocenters. The van der Waals surface area contributed by atoms with Crippen LogP contribution in [0, 0.1) is 13.8 Å². The fourth-order valence-electron chi connectivity index (χ4n) is 2.67. The van der Waals surface area contributed by atoms with Gasteiger partial charge in [0.05, 0.1) is 29.7 Å². The van der Waals surface area contributed by atoms with Gasteiger partial charge in [0, 0.05) is 12.6 Å². The number of rotatable bonds is 8. The third-order valence-corrected chi connectivity index (χ3v) is 4.01. The number of anilines is 1. The first-order valence-electron chi connectivity index (χ1n) is 7.92. The molecule has 0 radical (unpaired) electrons. The lowest BCUT2D eigenvalue weighted by Crippen LogP contribution is -2.30. The molecule has 1 heterocycles. The smallest absolute Gasteiger partial charge is 0.0941 e. The molecule has 0 bridgehead atoms. The van der Waals surface area contributed by atoms with Gasteiger partial charge in [-0.1, -0.05) is 36.4 Å². The first kappa shape index (κ1) is 17.2. The molecule has 5 nitrogen and oxygen atoms in total. The lowest BCUT2D eigenvalue weighted by Gasteiger charge is -2.19. The summed E-state index contributed by atoms with van der Waals surface area (Å²) >= 11 is 0. The van der Waals surface area contributed by atoms with E-state index < -0.39 is 6.10 Å². The maximum absolute atomic E-state index is 10.3. The van der Waals surface area contributed by atoms with E-state index in [-0.39, 0.29) is 6.04 Å². The van der Waals surface area contributed by atoms with Crippen LogP contribution in [-0.4, -0.2) is 27.5 Å². The van der Waals surface area contributed by atoms with Crippen LogP contribution in [0.25, 0.3) is 0 Å². The van der Waals surface area contributed by atoms with Crippen LogP contribution in [0.2, 0.25) is 0 Å². The molecule has 2 rings (SSSR count). The van der Waals surface area contributed by atoms with Gasteiger partial charge in [-0.3, -0.25) is 4.68 Å². The van der Waals surface area contributed by atoms with E-state index in [1.54, 1.807) is 0 Å². The van der Waals surface area contributed by atoms with Gasteiger partial charge in [-0.2, -0.15) is 5.10 Å². The van der Waals surface area contributed by atoms with E-state index in [1.165, 1.54) is 0 Å². The highest BCUT2D eigenvalue weighted by Crippen LogP contribution is 2.21. The number of aromatic nitrogens is 2. The second kappa shape index (κ2) is 7.94. The fourth-order valence-corrected chi connectivity index (χ4v) is 2.67. The zero-order valence-corrected chi connectivity index (χ0v) is 13.9. The third kappa shape index (κ3) is 4.21. The van der Waals surface area contributed by atoms with Gasteiger partial charge >= 0.3 is 0 Å². The van der Waals surface area contributed by atoms with Crippen molar-refractivity contribution in [3.63, 3.8) is 0 Å². The van der Waals surface area contributed by atoms with Crippen molar-refractivity contribution in [2.75, 3.05) is 11.9 Å². The Kier molecular flexibility index (Phi) is 5.96. The number of aliphatic hydroxyl groups is 1. The maximum atomic E-state index is 10.3. The monoisotopic (exact) mass is 314 g/mol. The predicted molar refractivity (Wildman–Crippen MR) is 94.4 cm³/mol. The Morgan fingerprint density at radius 2 is 2.04 bits per heavy atom. The van der Waals surface area contributed by atoms with Crippen LogP contribution in [0.5, 0.6) is 0 Å². The number of aliphatic hydroxyl groups excluding tert-OH is 1. The van der Waals surface area contributed by atoms with E-state index in [4.69, 9.17) is 5.73 Å². The Labute approximate surface area is 137 Å². The number of nitrogens with two attached hydrogens (primary N) is 1. The molecule has 1 aromatic carbocycles. The van der Waals surface area contributed by atoms with Gasteiger partial charge in [-0.15, -0.1) is 6.58 Å². The molecule has 0 fully saturated rings. The number of nitrogens with zero attached hydrogens (tertiary/aromatic N) is 2. The molecule has 2 aromatic rings. The van der Waals surface area contributed by atoms with Crippen LogP contribution in [0.1, 0.15) is 29.5 Å². The first-order chi connectivity index (χ1) is 11.0. The highest BCUT2D eigenvalue weighted by atomic mass is 16.3. The summed E-state index contributed by atoms with van der Waals surface area (Å²) in [6.07, 6.45) is 1.85. The first-order valence-corrected chi connectivity index (χ1v) is 7.92. The Bertz CT molecular complexity index is 636. The number of benzene rings is 1. The number of allylic oxidation sites excluding steroid dienone is 1. The molecule has 0 aliphatic rings. The number of aryl methyl sites for hydroxylation is 1. The second-order valence-electron chi connectivity index (χ2n) is 5.75. The largest absolute Gasteiger partial charge is 0.387 e. The van der Waals surface area contributed by atoms with Crippen LogP contribution in [0.15, 0.2) is 43.0 Å². The maximum Gasteiger partial charge on any atom is 0.0941 e. The Morgan fingerprint density at radius 3 is 2.70 bits per heavy atom. The molecule has 0 spiro atoms. The Morgan fingerprint density at radius 1 is 1.35 bits per heavy atom. The van der Waals surface area contributed by atoms with Crippen molar-refractivity contribution in [2.24, 2.45) is 5.73 Å². The molecular weight excluding hydrogens is 288 g/mol. The summed E-state index contributed by atoms with van der Waals surface area (Å²) in [6, 6.07) is 9.22. The van der Waals surface area contributed by atoms with Crippen LogP contribution in [-0.2, 0) is 6.54 Å². The summed E-state index contributed by atoms with van der Waals surface area (Å²) in [5, 5.41) is 18.2. The van der Waals surface area contributed by atoms with Crippen molar-refractivity contribution >= 4 is 5.69 Å². The lowest BCUT2D eigenvalue weighted by atomic mass is 10.0. The molecule has 0 saturated heterocycles. The zero-order chi connectivity index (χ0) is 16.8. The fraction of sp³-hybridized carbons (Fsp3) is 0.389. The highest BCUT2D eigenvalue weighted by Gasteiger charge is 2.17. The van der Waals surface area contributed by atoms with Gasteiger partial charge in [0.1, 0.15) is 0 Å². The normalized spacial score (nSPS) is 13.6. The van der Waals surface area contributed by atoms with Crippen molar-refractivity contribution in [2.45, 2.75) is 39.0 Å². The molecule has 0 amide bonds. The molecule has 23 heavy (non-hydrogen) atoms. The molecule has 0 saturated carbocycles. The zero-order valence-electron chi connectivity index (χ0n) is 13.9. The van der Waals surface area contributed by atoms with Gasteiger partial charge in [-0.25, -0.2) is 0 Å². The Hall–Kier alpha value is -2.11. The van der Waals surface area contributed by atoms with Gasteiger partial charge < -0.3 is 16.2 Å². The van der Waals surface area contributed by atoms with E-state index in [0.29, 0.717) is 19.5 Å². The van der Waals surface area contributed by atoms with E-state index >= 15 is 0 Å². The minimum Gasteiger partial charge on any atom is -0.387 e. The van der Waals surface area contributed by atoms with Crippen LogP contribution in [0.4, 0.5) is 5.69 Å². The predicted octanol–water partition coefficient (Wildman–Crippen LogP) is 2.55. The molecule has 2 unspecified atom stereocenters. The van der Waals surface area contributed by atoms with Crippen molar-refractivity contribution in [3.05, 3.63) is 59.9 Å². The molecule has 1 aromatic heterocycles. The molecule has 5 heteroatoms. The van der Waals surface area contributed by atoms with Crippen molar-refractivity contribution in [3.8, 4) is 0 Å². The summed E-state index contributed by atoms with van der Waals surface area (Å²) in [7, 11) is 0. The minimum atomic E-state index is -0.649. The van der Waals surface area contributed by atoms with Gasteiger partial charge in [0.2, 0.25) is 0 Å². The van der Waals surface area contributed by atoms with E-state index in [1.807, 2.05) is 54.9 Å². The Balaban J connectivity index is 1.91. The summed E-state index contributed by atoms with van der Waals surface area (Å²) in [4.78, 5) is 0. The third-order valence-electron chi connectivity index (χ3n) is 4.01. The number of hydrogen-bond acceptors (Lipinski definition) is 4. The molecule has 0 aliphatic carbocycles. The highest BCUT2D eigenvalue weighted by molar-refractivity contribution is 5.52. The standard InChI is InChI=1S/C18H26N4O/c1-4-12-22-14(3)17(13(2)21-22)20-11-10-16(19)18(23)15-8-6-5-7-9-15/h4-9,16,18,20,23H,1,10-12,19H2,2-3H3. The average Bonchev–Trinajstić information content (AvgIpc) is 2.82. The summed E-state index contributed by atoms with van der Waals surface area (Å²) in [5.74, 6) is 0. The van der Waals surface area contributed by atoms with Crippen LogP contribution in [0.3, 0.4) is 0 Å². The van der Waals surface area contributed by atoms with Gasteiger partial charge in [-0.05, 0) is 25.8 Å². The van der Waals surface area contributed by atoms with Crippen LogP contribution >= 0.6 is 0 Å². The van der Waals surface area contributed by atoms with Crippen LogP contribution < -0.4 is 11.1 Å². The summed E-state index contributed by atoms with van der Waals surface area (Å²) in [5.41, 5.74) is 10.0. The van der Waals surface area contributed by atoms with E-state index in [9.17, 15) is 5.11 Å². The lowest BCUT2D eigenvalue weighted by molar-refractivity contribution is 0.143. The van der Waals surface area contributed by atoms with Crippen molar-refractivity contribution in [1.29, 1.82) is 0 Å². The summed E-state index contributed by atoms with van der Waals surface area (Å²) in [6.45, 7) is 9.14. The quantitative estimate of drug-likeness (QED) is 0.655. The molecule has 4 N–H and O–H groups in total. The molecule has 124 valence electrons. The molecule has 0 aliphatic heterocycles. The molecular formula is C18H26N4O. The topological polar surface area (TPSA) is 76.1 Å². The van der Waals surface area contributed by atoms with Crippen molar-refractivity contribution < 1.29 is 5.11 Å². The van der Waals surface area contributed by atoms with Crippen molar-refractivity contribution in [1.82, 2.24) is 9.78 Å².